The minimum atomic E-state index is -0.0288. The average Bonchev–Trinajstić information content (AvgIpc) is 3.04. The maximum Gasteiger partial charge on any atom is 0.226 e. The number of hydrogen-bond acceptors (Lipinski definition) is 4. The van der Waals surface area contributed by atoms with Crippen molar-refractivity contribution >= 4 is 28.9 Å². The molecule has 6 nitrogen and oxygen atoms in total. The fraction of sp³-hybridized carbons (Fsp3) is 0.421. The zero-order valence-electron chi connectivity index (χ0n) is 15.8. The number of anilines is 1. The van der Waals surface area contributed by atoms with E-state index < -0.39 is 0 Å². The molecule has 26 heavy (non-hydrogen) atoms. The van der Waals surface area contributed by atoms with Gasteiger partial charge in [0.15, 0.2) is 5.96 Å². The number of nitrogens with zero attached hydrogens (tertiary/aromatic N) is 2. The Hall–Kier alpha value is -2.41. The Bertz CT molecular complexity index is 737. The predicted octanol–water partition coefficient (Wildman–Crippen LogP) is 2.95. The van der Waals surface area contributed by atoms with E-state index in [4.69, 9.17) is 0 Å². The smallest absolute Gasteiger partial charge is 0.226 e. The van der Waals surface area contributed by atoms with Gasteiger partial charge in [-0.25, -0.2) is 4.98 Å². The van der Waals surface area contributed by atoms with Crippen molar-refractivity contribution in [1.29, 1.82) is 0 Å². The van der Waals surface area contributed by atoms with Crippen LogP contribution in [-0.2, 0) is 17.8 Å². The lowest BCUT2D eigenvalue weighted by molar-refractivity contribution is -0.118. The third-order valence-electron chi connectivity index (χ3n) is 3.77. The van der Waals surface area contributed by atoms with Crippen LogP contribution in [0.5, 0.6) is 0 Å². The van der Waals surface area contributed by atoms with Crippen LogP contribution in [0, 0.1) is 12.8 Å². The minimum Gasteiger partial charge on any atom is -0.356 e. The number of carbonyl (C=O) groups is 1. The van der Waals surface area contributed by atoms with Gasteiger partial charge in [-0.05, 0) is 24.6 Å². The van der Waals surface area contributed by atoms with Gasteiger partial charge in [0, 0.05) is 43.5 Å². The molecule has 0 bridgehead atoms. The highest BCUT2D eigenvalue weighted by atomic mass is 32.1. The second-order valence-corrected chi connectivity index (χ2v) is 7.36. The standard InChI is InChI=1S/C19H27N5OS/c1-13(2)18(25)24-16-7-5-15(6-8-16)11-22-19(20-4)21-10-9-17-12-26-14(3)23-17/h5-8,12-13H,9-11H2,1-4H3,(H,24,25)(H2,20,21,22). The molecular weight excluding hydrogens is 346 g/mol. The summed E-state index contributed by atoms with van der Waals surface area (Å²) in [6.07, 6.45) is 0.870. The topological polar surface area (TPSA) is 78.4 Å². The molecule has 0 unspecified atom stereocenters. The Labute approximate surface area is 159 Å². The number of aromatic nitrogens is 1. The van der Waals surface area contributed by atoms with E-state index >= 15 is 0 Å². The van der Waals surface area contributed by atoms with Gasteiger partial charge in [-0.2, -0.15) is 0 Å². The quantitative estimate of drug-likeness (QED) is 0.515. The van der Waals surface area contributed by atoms with E-state index in [2.05, 4.69) is 31.3 Å². The van der Waals surface area contributed by atoms with Crippen LogP contribution < -0.4 is 16.0 Å². The third kappa shape index (κ3) is 6.48. The predicted molar refractivity (Wildman–Crippen MR) is 109 cm³/mol. The van der Waals surface area contributed by atoms with Gasteiger partial charge in [0.25, 0.3) is 0 Å². The maximum atomic E-state index is 11.7. The number of amides is 1. The summed E-state index contributed by atoms with van der Waals surface area (Å²) < 4.78 is 0. The summed E-state index contributed by atoms with van der Waals surface area (Å²) in [6.45, 7) is 7.21. The molecular formula is C19H27N5OS. The largest absolute Gasteiger partial charge is 0.356 e. The molecule has 0 radical (unpaired) electrons. The van der Waals surface area contributed by atoms with Crippen LogP contribution in [0.15, 0.2) is 34.6 Å². The number of aryl methyl sites for hydroxylation is 1. The first-order chi connectivity index (χ1) is 12.5. The van der Waals surface area contributed by atoms with Crippen molar-refractivity contribution in [2.45, 2.75) is 33.7 Å². The fourth-order valence-electron chi connectivity index (χ4n) is 2.23. The van der Waals surface area contributed by atoms with Gasteiger partial charge in [-0.15, -0.1) is 11.3 Å². The number of hydrogen-bond donors (Lipinski definition) is 3. The van der Waals surface area contributed by atoms with Crippen molar-refractivity contribution < 1.29 is 4.79 Å². The van der Waals surface area contributed by atoms with Crippen LogP contribution in [0.2, 0.25) is 0 Å². The molecule has 0 spiro atoms. The molecule has 0 aliphatic rings. The molecule has 1 aromatic carbocycles. The molecule has 2 rings (SSSR count). The van der Waals surface area contributed by atoms with Crippen LogP contribution in [0.4, 0.5) is 5.69 Å². The summed E-state index contributed by atoms with van der Waals surface area (Å²) in [5, 5.41) is 12.7. The minimum absolute atomic E-state index is 0.0239. The number of guanidine groups is 1. The molecule has 0 saturated heterocycles. The van der Waals surface area contributed by atoms with Gasteiger partial charge < -0.3 is 16.0 Å². The lowest BCUT2D eigenvalue weighted by atomic mass is 10.1. The monoisotopic (exact) mass is 373 g/mol. The first-order valence-corrected chi connectivity index (χ1v) is 9.61. The van der Waals surface area contributed by atoms with E-state index in [0.29, 0.717) is 6.54 Å². The zero-order valence-corrected chi connectivity index (χ0v) is 16.6. The summed E-state index contributed by atoms with van der Waals surface area (Å²) in [5.41, 5.74) is 3.04. The maximum absolute atomic E-state index is 11.7. The summed E-state index contributed by atoms with van der Waals surface area (Å²) >= 11 is 1.67. The van der Waals surface area contributed by atoms with Crippen molar-refractivity contribution in [2.75, 3.05) is 18.9 Å². The van der Waals surface area contributed by atoms with Gasteiger partial charge in [-0.1, -0.05) is 26.0 Å². The number of nitrogens with one attached hydrogen (secondary N) is 3. The SMILES string of the molecule is CN=C(NCCc1csc(C)n1)NCc1ccc(NC(=O)C(C)C)cc1. The number of carbonyl (C=O) groups excluding carboxylic acids is 1. The normalized spacial score (nSPS) is 11.5. The lowest BCUT2D eigenvalue weighted by Crippen LogP contribution is -2.37. The molecule has 0 fully saturated rings. The number of thiazole rings is 1. The van der Waals surface area contributed by atoms with Gasteiger partial charge in [0.2, 0.25) is 5.91 Å². The van der Waals surface area contributed by atoms with E-state index in [-0.39, 0.29) is 11.8 Å². The Morgan fingerprint density at radius 2 is 1.96 bits per heavy atom. The van der Waals surface area contributed by atoms with Crippen LogP contribution in [-0.4, -0.2) is 30.4 Å². The van der Waals surface area contributed by atoms with Crippen molar-refractivity contribution in [3.8, 4) is 0 Å². The first kappa shape index (κ1) is 19.9. The molecule has 0 atom stereocenters. The molecule has 1 heterocycles. The molecule has 0 aliphatic heterocycles. The highest BCUT2D eigenvalue weighted by Crippen LogP contribution is 2.11. The van der Waals surface area contributed by atoms with Crippen LogP contribution in [0.1, 0.15) is 30.1 Å². The van der Waals surface area contributed by atoms with E-state index in [1.54, 1.807) is 18.4 Å². The van der Waals surface area contributed by atoms with Gasteiger partial charge in [0.05, 0.1) is 10.7 Å². The summed E-state index contributed by atoms with van der Waals surface area (Å²) in [7, 11) is 1.76. The van der Waals surface area contributed by atoms with E-state index in [9.17, 15) is 4.79 Å². The molecule has 7 heteroatoms. The van der Waals surface area contributed by atoms with Gasteiger partial charge >= 0.3 is 0 Å². The summed E-state index contributed by atoms with van der Waals surface area (Å²) in [5.74, 6) is 0.754. The van der Waals surface area contributed by atoms with Crippen molar-refractivity contribution in [3.05, 3.63) is 45.9 Å². The summed E-state index contributed by atoms with van der Waals surface area (Å²) in [4.78, 5) is 20.4. The number of benzene rings is 1. The Morgan fingerprint density at radius 3 is 2.54 bits per heavy atom. The second-order valence-electron chi connectivity index (χ2n) is 6.30. The highest BCUT2D eigenvalue weighted by molar-refractivity contribution is 7.09. The van der Waals surface area contributed by atoms with Crippen molar-refractivity contribution in [2.24, 2.45) is 10.9 Å². The molecule has 140 valence electrons. The van der Waals surface area contributed by atoms with E-state index in [0.717, 1.165) is 40.9 Å². The average molecular weight is 374 g/mol. The Kier molecular flexibility index (Phi) is 7.59. The van der Waals surface area contributed by atoms with Crippen molar-refractivity contribution in [1.82, 2.24) is 15.6 Å². The van der Waals surface area contributed by atoms with Crippen LogP contribution in [0.3, 0.4) is 0 Å². The first-order valence-electron chi connectivity index (χ1n) is 8.73. The molecule has 0 saturated carbocycles. The fourth-order valence-corrected chi connectivity index (χ4v) is 2.88. The lowest BCUT2D eigenvalue weighted by Gasteiger charge is -2.12. The zero-order chi connectivity index (χ0) is 18.9. The molecule has 0 aliphatic carbocycles. The molecule has 1 aromatic heterocycles. The Morgan fingerprint density at radius 1 is 1.23 bits per heavy atom. The second kappa shape index (κ2) is 9.91. The van der Waals surface area contributed by atoms with Crippen LogP contribution in [0.25, 0.3) is 0 Å². The third-order valence-corrected chi connectivity index (χ3v) is 4.59. The van der Waals surface area contributed by atoms with E-state index in [1.165, 1.54) is 0 Å². The van der Waals surface area contributed by atoms with Gasteiger partial charge in [0.1, 0.15) is 0 Å². The van der Waals surface area contributed by atoms with Crippen molar-refractivity contribution in [3.63, 3.8) is 0 Å². The van der Waals surface area contributed by atoms with Crippen LogP contribution >= 0.6 is 11.3 Å². The number of rotatable bonds is 7. The van der Waals surface area contributed by atoms with E-state index in [1.807, 2.05) is 45.0 Å². The number of aliphatic imine (C=N–C) groups is 1. The molecule has 1 amide bonds. The molecule has 3 N–H and O–H groups in total. The highest BCUT2D eigenvalue weighted by Gasteiger charge is 2.07. The summed E-state index contributed by atoms with van der Waals surface area (Å²) in [6, 6.07) is 7.82. The van der Waals surface area contributed by atoms with Gasteiger partial charge in [-0.3, -0.25) is 9.79 Å². The molecule has 2 aromatic rings. The Balaban J connectivity index is 1.76.